The first-order chi connectivity index (χ1) is 9.69. The van der Waals surface area contributed by atoms with Crippen LogP contribution >= 0.6 is 15.9 Å². The van der Waals surface area contributed by atoms with Crippen LogP contribution in [0.3, 0.4) is 0 Å². The molecular weight excluding hydrogens is 322 g/mol. The third-order valence-corrected chi connectivity index (χ3v) is 4.01. The maximum atomic E-state index is 9.11. The molecule has 1 aliphatic heterocycles. The Bertz CT molecular complexity index is 496. The van der Waals surface area contributed by atoms with Crippen LogP contribution in [0.25, 0.3) is 0 Å². The highest BCUT2D eigenvalue weighted by Crippen LogP contribution is 2.24. The van der Waals surface area contributed by atoms with Gasteiger partial charge in [-0.15, -0.1) is 0 Å². The number of nitriles is 1. The standard InChI is InChI=1S/C13H18BrN5O/c1-3-10(8-15)18-4-6-19(7-5-18)13-16-9-11(14)12(17-13)20-2/h9-10H,3-7H2,1-2H3/t10-/m1/s1. The summed E-state index contributed by atoms with van der Waals surface area (Å²) in [6, 6.07) is 2.36. The number of halogens is 1. The summed E-state index contributed by atoms with van der Waals surface area (Å²) in [6.45, 7) is 5.40. The van der Waals surface area contributed by atoms with E-state index in [9.17, 15) is 0 Å². The van der Waals surface area contributed by atoms with Crippen molar-refractivity contribution in [1.29, 1.82) is 5.26 Å². The zero-order valence-corrected chi connectivity index (χ0v) is 13.3. The number of anilines is 1. The predicted molar refractivity (Wildman–Crippen MR) is 79.8 cm³/mol. The molecule has 20 heavy (non-hydrogen) atoms. The minimum atomic E-state index is 0.0116. The van der Waals surface area contributed by atoms with E-state index in [0.29, 0.717) is 11.8 Å². The maximum Gasteiger partial charge on any atom is 0.232 e. The van der Waals surface area contributed by atoms with Gasteiger partial charge in [0.15, 0.2) is 0 Å². The van der Waals surface area contributed by atoms with Gasteiger partial charge in [0.1, 0.15) is 0 Å². The highest BCUT2D eigenvalue weighted by atomic mass is 79.9. The molecule has 2 heterocycles. The van der Waals surface area contributed by atoms with Gasteiger partial charge in [0.2, 0.25) is 11.8 Å². The number of nitrogens with zero attached hydrogens (tertiary/aromatic N) is 5. The zero-order valence-electron chi connectivity index (χ0n) is 11.7. The molecule has 0 amide bonds. The van der Waals surface area contributed by atoms with Gasteiger partial charge in [0, 0.05) is 26.2 Å². The Balaban J connectivity index is 2.02. The molecule has 1 aliphatic rings. The van der Waals surface area contributed by atoms with Crippen molar-refractivity contribution in [3.8, 4) is 11.9 Å². The number of aromatic nitrogens is 2. The summed E-state index contributed by atoms with van der Waals surface area (Å²) in [5, 5.41) is 9.11. The van der Waals surface area contributed by atoms with E-state index in [-0.39, 0.29) is 6.04 Å². The third-order valence-electron chi connectivity index (χ3n) is 3.47. The molecule has 0 spiro atoms. The van der Waals surface area contributed by atoms with Crippen molar-refractivity contribution in [2.24, 2.45) is 0 Å². The van der Waals surface area contributed by atoms with Crippen molar-refractivity contribution in [2.45, 2.75) is 19.4 Å². The smallest absolute Gasteiger partial charge is 0.232 e. The van der Waals surface area contributed by atoms with Crippen LogP contribution in [-0.4, -0.2) is 54.2 Å². The van der Waals surface area contributed by atoms with Crippen molar-refractivity contribution < 1.29 is 4.74 Å². The molecule has 0 unspecified atom stereocenters. The van der Waals surface area contributed by atoms with Crippen LogP contribution in [0.1, 0.15) is 13.3 Å². The van der Waals surface area contributed by atoms with Gasteiger partial charge in [-0.1, -0.05) is 6.92 Å². The van der Waals surface area contributed by atoms with E-state index >= 15 is 0 Å². The monoisotopic (exact) mass is 339 g/mol. The van der Waals surface area contributed by atoms with Crippen molar-refractivity contribution in [1.82, 2.24) is 14.9 Å². The second-order valence-corrected chi connectivity index (χ2v) is 5.46. The van der Waals surface area contributed by atoms with E-state index in [0.717, 1.165) is 37.1 Å². The van der Waals surface area contributed by atoms with Gasteiger partial charge in [-0.05, 0) is 22.4 Å². The molecule has 2 rings (SSSR count). The van der Waals surface area contributed by atoms with Crippen LogP contribution in [0.4, 0.5) is 5.95 Å². The van der Waals surface area contributed by atoms with E-state index in [1.807, 2.05) is 6.92 Å². The molecule has 1 saturated heterocycles. The van der Waals surface area contributed by atoms with Crippen LogP contribution in [-0.2, 0) is 0 Å². The molecule has 1 atom stereocenters. The molecule has 7 heteroatoms. The first kappa shape index (κ1) is 15.0. The molecule has 0 aromatic carbocycles. The average Bonchev–Trinajstić information content (AvgIpc) is 2.50. The summed E-state index contributed by atoms with van der Waals surface area (Å²) in [5.74, 6) is 1.22. The Labute approximate surface area is 127 Å². The Morgan fingerprint density at radius 1 is 1.45 bits per heavy atom. The fourth-order valence-corrected chi connectivity index (χ4v) is 2.66. The normalized spacial score (nSPS) is 17.6. The summed E-state index contributed by atoms with van der Waals surface area (Å²) >= 11 is 3.35. The minimum absolute atomic E-state index is 0.0116. The van der Waals surface area contributed by atoms with E-state index in [2.05, 4.69) is 41.8 Å². The molecule has 0 saturated carbocycles. The lowest BCUT2D eigenvalue weighted by atomic mass is 10.2. The molecule has 0 N–H and O–H groups in total. The highest BCUT2D eigenvalue weighted by molar-refractivity contribution is 9.10. The van der Waals surface area contributed by atoms with Crippen LogP contribution in [0.2, 0.25) is 0 Å². The highest BCUT2D eigenvalue weighted by Gasteiger charge is 2.24. The van der Waals surface area contributed by atoms with Crippen LogP contribution in [0.5, 0.6) is 5.88 Å². The van der Waals surface area contributed by atoms with E-state index in [1.54, 1.807) is 13.3 Å². The van der Waals surface area contributed by atoms with Crippen molar-refractivity contribution in [3.05, 3.63) is 10.7 Å². The van der Waals surface area contributed by atoms with Crippen molar-refractivity contribution in [3.63, 3.8) is 0 Å². The fourth-order valence-electron chi connectivity index (χ4n) is 2.30. The van der Waals surface area contributed by atoms with Gasteiger partial charge in [-0.25, -0.2) is 4.98 Å². The number of ether oxygens (including phenoxy) is 1. The summed E-state index contributed by atoms with van der Waals surface area (Å²) in [4.78, 5) is 13.0. The maximum absolute atomic E-state index is 9.11. The van der Waals surface area contributed by atoms with Crippen LogP contribution < -0.4 is 9.64 Å². The number of hydrogen-bond donors (Lipinski definition) is 0. The Morgan fingerprint density at radius 3 is 2.70 bits per heavy atom. The largest absolute Gasteiger partial charge is 0.480 e. The van der Waals surface area contributed by atoms with Gasteiger partial charge in [-0.2, -0.15) is 10.2 Å². The summed E-state index contributed by atoms with van der Waals surface area (Å²) in [6.07, 6.45) is 2.57. The van der Waals surface area contributed by atoms with E-state index in [1.165, 1.54) is 0 Å². The molecular formula is C13H18BrN5O. The van der Waals surface area contributed by atoms with Gasteiger partial charge in [0.25, 0.3) is 0 Å². The Kier molecular flexibility index (Phi) is 5.15. The lowest BCUT2D eigenvalue weighted by molar-refractivity contribution is 0.215. The molecule has 0 bridgehead atoms. The van der Waals surface area contributed by atoms with Crippen LogP contribution in [0, 0.1) is 11.3 Å². The van der Waals surface area contributed by atoms with Crippen LogP contribution in [0.15, 0.2) is 10.7 Å². The summed E-state index contributed by atoms with van der Waals surface area (Å²) in [7, 11) is 1.59. The topological polar surface area (TPSA) is 65.3 Å². The molecule has 1 aromatic heterocycles. The average molecular weight is 340 g/mol. The number of methoxy groups -OCH3 is 1. The number of rotatable bonds is 4. The third kappa shape index (κ3) is 3.19. The second-order valence-electron chi connectivity index (χ2n) is 4.60. The van der Waals surface area contributed by atoms with Crippen molar-refractivity contribution in [2.75, 3.05) is 38.2 Å². The second kappa shape index (κ2) is 6.86. The summed E-state index contributed by atoms with van der Waals surface area (Å²) < 4.78 is 5.94. The molecule has 0 radical (unpaired) electrons. The van der Waals surface area contributed by atoms with E-state index in [4.69, 9.17) is 10.00 Å². The predicted octanol–water partition coefficient (Wildman–Crippen LogP) is 1.67. The zero-order chi connectivity index (χ0) is 14.5. The molecule has 0 aliphatic carbocycles. The first-order valence-electron chi connectivity index (χ1n) is 6.64. The van der Waals surface area contributed by atoms with Gasteiger partial charge in [-0.3, -0.25) is 4.90 Å². The Morgan fingerprint density at radius 2 is 2.15 bits per heavy atom. The van der Waals surface area contributed by atoms with Gasteiger partial charge >= 0.3 is 0 Å². The lowest BCUT2D eigenvalue weighted by Gasteiger charge is -2.36. The quantitative estimate of drug-likeness (QED) is 0.831. The molecule has 1 aromatic rings. The first-order valence-corrected chi connectivity index (χ1v) is 7.44. The molecule has 6 nitrogen and oxygen atoms in total. The van der Waals surface area contributed by atoms with Gasteiger partial charge in [0.05, 0.1) is 29.9 Å². The van der Waals surface area contributed by atoms with E-state index < -0.39 is 0 Å². The SMILES string of the molecule is CC[C@H](C#N)N1CCN(c2ncc(Br)c(OC)n2)CC1. The summed E-state index contributed by atoms with van der Waals surface area (Å²) in [5.41, 5.74) is 0. The van der Waals surface area contributed by atoms with Crippen molar-refractivity contribution >= 4 is 21.9 Å². The number of piperazine rings is 1. The minimum Gasteiger partial charge on any atom is -0.480 e. The Hall–Kier alpha value is -1.39. The molecule has 1 fully saturated rings. The lowest BCUT2D eigenvalue weighted by Crippen LogP contribution is -2.50. The van der Waals surface area contributed by atoms with Gasteiger partial charge < -0.3 is 9.64 Å². The fraction of sp³-hybridized carbons (Fsp3) is 0.615. The number of hydrogen-bond acceptors (Lipinski definition) is 6. The molecule has 108 valence electrons.